The highest BCUT2D eigenvalue weighted by Gasteiger charge is 2.14. The number of rotatable bonds is 3. The van der Waals surface area contributed by atoms with Gasteiger partial charge in [-0.2, -0.15) is 0 Å². The minimum Gasteiger partial charge on any atom is -0.497 e. The predicted molar refractivity (Wildman–Crippen MR) is 93.2 cm³/mol. The van der Waals surface area contributed by atoms with Gasteiger partial charge < -0.3 is 15.0 Å². The first-order chi connectivity index (χ1) is 11.1. The Morgan fingerprint density at radius 1 is 1.22 bits per heavy atom. The number of carbonyl (C=O) groups is 1. The summed E-state index contributed by atoms with van der Waals surface area (Å²) in [6.45, 7) is 0. The van der Waals surface area contributed by atoms with E-state index in [1.54, 1.807) is 36.4 Å². The number of amides is 1. The van der Waals surface area contributed by atoms with Gasteiger partial charge in [0.1, 0.15) is 11.3 Å². The van der Waals surface area contributed by atoms with Crippen LogP contribution >= 0.6 is 15.9 Å². The van der Waals surface area contributed by atoms with Crippen LogP contribution in [0.1, 0.15) is 10.4 Å². The molecule has 0 atom stereocenters. The van der Waals surface area contributed by atoms with Crippen molar-refractivity contribution in [2.75, 3.05) is 12.4 Å². The monoisotopic (exact) mass is 372 g/mol. The van der Waals surface area contributed by atoms with Crippen molar-refractivity contribution in [2.45, 2.75) is 0 Å². The topological polar surface area (TPSA) is 71.2 Å². The van der Waals surface area contributed by atoms with Gasteiger partial charge >= 0.3 is 0 Å². The highest BCUT2D eigenvalue weighted by Crippen LogP contribution is 2.18. The van der Waals surface area contributed by atoms with Gasteiger partial charge in [0.15, 0.2) is 0 Å². The molecule has 3 aromatic rings. The van der Waals surface area contributed by atoms with Crippen molar-refractivity contribution in [1.82, 2.24) is 4.98 Å². The smallest absolute Gasteiger partial charge is 0.261 e. The molecule has 0 aliphatic rings. The van der Waals surface area contributed by atoms with E-state index in [0.717, 1.165) is 4.47 Å². The molecule has 23 heavy (non-hydrogen) atoms. The Balaban J connectivity index is 2.00. The number of nitrogens with one attached hydrogen (secondary N) is 2. The highest BCUT2D eigenvalue weighted by molar-refractivity contribution is 9.10. The molecule has 1 aromatic heterocycles. The fraction of sp³-hybridized carbons (Fsp3) is 0.0588. The van der Waals surface area contributed by atoms with E-state index in [2.05, 4.69) is 26.2 Å². The number of hydrogen-bond donors (Lipinski definition) is 2. The molecule has 0 aliphatic carbocycles. The lowest BCUT2D eigenvalue weighted by Gasteiger charge is -2.07. The first-order valence-corrected chi connectivity index (χ1v) is 7.64. The normalized spacial score (nSPS) is 10.5. The molecule has 6 heteroatoms. The van der Waals surface area contributed by atoms with Crippen LogP contribution in [0.5, 0.6) is 5.75 Å². The third-order valence-electron chi connectivity index (χ3n) is 3.42. The van der Waals surface area contributed by atoms with Crippen LogP contribution in [0.3, 0.4) is 0 Å². The summed E-state index contributed by atoms with van der Waals surface area (Å²) in [5, 5.41) is 3.12. The predicted octanol–water partition coefficient (Wildman–Crippen LogP) is 3.55. The van der Waals surface area contributed by atoms with E-state index in [1.165, 1.54) is 13.3 Å². The second kappa shape index (κ2) is 6.26. The standard InChI is InChI=1S/C17H13BrN2O3/c1-23-12-5-6-15-13(8-12)16(21)14(9-19-15)17(22)20-11-4-2-3-10(18)7-11/h2-9H,1H3,(H,19,21)(H,20,22). The van der Waals surface area contributed by atoms with Gasteiger partial charge in [0.2, 0.25) is 5.43 Å². The third-order valence-corrected chi connectivity index (χ3v) is 3.91. The number of H-pyrrole nitrogens is 1. The fourth-order valence-corrected chi connectivity index (χ4v) is 2.66. The molecular weight excluding hydrogens is 360 g/mol. The van der Waals surface area contributed by atoms with Gasteiger partial charge in [0, 0.05) is 27.3 Å². The zero-order chi connectivity index (χ0) is 16.4. The van der Waals surface area contributed by atoms with Crippen molar-refractivity contribution in [3.8, 4) is 5.75 Å². The van der Waals surface area contributed by atoms with Gasteiger partial charge in [0.25, 0.3) is 5.91 Å². The Labute approximate surface area is 140 Å². The Morgan fingerprint density at radius 3 is 2.78 bits per heavy atom. The Bertz CT molecular complexity index is 950. The second-order valence-corrected chi connectivity index (χ2v) is 5.82. The van der Waals surface area contributed by atoms with E-state index in [0.29, 0.717) is 22.3 Å². The number of pyridine rings is 1. The largest absolute Gasteiger partial charge is 0.497 e. The Morgan fingerprint density at radius 2 is 2.04 bits per heavy atom. The van der Waals surface area contributed by atoms with E-state index in [1.807, 2.05) is 6.07 Å². The number of anilines is 1. The van der Waals surface area contributed by atoms with Gasteiger partial charge in [-0.25, -0.2) is 0 Å². The number of aromatic amines is 1. The van der Waals surface area contributed by atoms with E-state index in [9.17, 15) is 9.59 Å². The summed E-state index contributed by atoms with van der Waals surface area (Å²) in [4.78, 5) is 27.9. The molecule has 0 bridgehead atoms. The van der Waals surface area contributed by atoms with Crippen LogP contribution in [0, 0.1) is 0 Å². The van der Waals surface area contributed by atoms with E-state index < -0.39 is 5.91 Å². The van der Waals surface area contributed by atoms with Crippen molar-refractivity contribution in [2.24, 2.45) is 0 Å². The molecule has 5 nitrogen and oxygen atoms in total. The fourth-order valence-electron chi connectivity index (χ4n) is 2.26. The maximum atomic E-state index is 12.5. The first kappa shape index (κ1) is 15.3. The van der Waals surface area contributed by atoms with Gasteiger partial charge in [-0.05, 0) is 36.4 Å². The minimum absolute atomic E-state index is 0.0470. The van der Waals surface area contributed by atoms with Crippen molar-refractivity contribution in [3.05, 3.63) is 68.9 Å². The highest BCUT2D eigenvalue weighted by atomic mass is 79.9. The maximum Gasteiger partial charge on any atom is 0.261 e. The van der Waals surface area contributed by atoms with E-state index in [-0.39, 0.29) is 11.0 Å². The number of aromatic nitrogens is 1. The maximum absolute atomic E-state index is 12.5. The Kier molecular flexibility index (Phi) is 4.16. The third kappa shape index (κ3) is 3.12. The lowest BCUT2D eigenvalue weighted by molar-refractivity contribution is 0.102. The molecule has 0 fully saturated rings. The molecule has 0 radical (unpaired) electrons. The van der Waals surface area contributed by atoms with Crippen LogP contribution in [-0.4, -0.2) is 18.0 Å². The molecule has 0 unspecified atom stereocenters. The summed E-state index contributed by atoms with van der Waals surface area (Å²) < 4.78 is 5.97. The summed E-state index contributed by atoms with van der Waals surface area (Å²) >= 11 is 3.34. The van der Waals surface area contributed by atoms with Crippen molar-refractivity contribution >= 4 is 38.4 Å². The number of halogens is 1. The van der Waals surface area contributed by atoms with Crippen LogP contribution in [-0.2, 0) is 0 Å². The van der Waals surface area contributed by atoms with E-state index in [4.69, 9.17) is 4.74 Å². The first-order valence-electron chi connectivity index (χ1n) is 6.85. The van der Waals surface area contributed by atoms with Gasteiger partial charge in [-0.15, -0.1) is 0 Å². The molecule has 2 N–H and O–H groups in total. The summed E-state index contributed by atoms with van der Waals surface area (Å²) in [7, 11) is 1.53. The van der Waals surface area contributed by atoms with Gasteiger partial charge in [-0.3, -0.25) is 9.59 Å². The molecule has 1 amide bonds. The lowest BCUT2D eigenvalue weighted by Crippen LogP contribution is -2.21. The number of fused-ring (bicyclic) bond motifs is 1. The number of carbonyl (C=O) groups excluding carboxylic acids is 1. The SMILES string of the molecule is COc1ccc2[nH]cc(C(=O)Nc3cccc(Br)c3)c(=O)c2c1. The van der Waals surface area contributed by atoms with Crippen molar-refractivity contribution in [1.29, 1.82) is 0 Å². The van der Waals surface area contributed by atoms with Crippen LogP contribution in [0.2, 0.25) is 0 Å². The van der Waals surface area contributed by atoms with Crippen LogP contribution in [0.15, 0.2) is 57.9 Å². The molecule has 0 spiro atoms. The zero-order valence-electron chi connectivity index (χ0n) is 12.2. The average molecular weight is 373 g/mol. The summed E-state index contributed by atoms with van der Waals surface area (Å²) in [5.41, 5.74) is 0.959. The number of benzene rings is 2. The number of ether oxygens (including phenoxy) is 1. The molecule has 116 valence electrons. The van der Waals surface area contributed by atoms with Gasteiger partial charge in [-0.1, -0.05) is 22.0 Å². The van der Waals surface area contributed by atoms with E-state index >= 15 is 0 Å². The molecule has 0 saturated carbocycles. The van der Waals surface area contributed by atoms with Crippen LogP contribution in [0.25, 0.3) is 10.9 Å². The zero-order valence-corrected chi connectivity index (χ0v) is 13.8. The van der Waals surface area contributed by atoms with Crippen LogP contribution in [0.4, 0.5) is 5.69 Å². The quantitative estimate of drug-likeness (QED) is 0.738. The van der Waals surface area contributed by atoms with Crippen molar-refractivity contribution in [3.63, 3.8) is 0 Å². The average Bonchev–Trinajstić information content (AvgIpc) is 2.55. The minimum atomic E-state index is -0.464. The summed E-state index contributed by atoms with van der Waals surface area (Å²) in [5.74, 6) is 0.0987. The van der Waals surface area contributed by atoms with Crippen LogP contribution < -0.4 is 15.5 Å². The number of hydrogen-bond acceptors (Lipinski definition) is 3. The Hall–Kier alpha value is -2.60. The molecule has 0 saturated heterocycles. The second-order valence-electron chi connectivity index (χ2n) is 4.91. The van der Waals surface area contributed by atoms with Crippen molar-refractivity contribution < 1.29 is 9.53 Å². The molecule has 0 aliphatic heterocycles. The van der Waals surface area contributed by atoms with Gasteiger partial charge in [0.05, 0.1) is 7.11 Å². The summed E-state index contributed by atoms with van der Waals surface area (Å²) in [6, 6.07) is 12.3. The summed E-state index contributed by atoms with van der Waals surface area (Å²) in [6.07, 6.45) is 1.42. The lowest BCUT2D eigenvalue weighted by atomic mass is 10.1. The molecule has 1 heterocycles. The molecular formula is C17H13BrN2O3. The number of methoxy groups -OCH3 is 1. The molecule has 2 aromatic carbocycles. The molecule has 3 rings (SSSR count).